The number of nitrogens with one attached hydrogen (secondary N) is 1. The first-order valence-corrected chi connectivity index (χ1v) is 7.08. The van der Waals surface area contributed by atoms with Gasteiger partial charge in [-0.05, 0) is 26.8 Å². The minimum atomic E-state index is 0.0909. The van der Waals surface area contributed by atoms with Crippen LogP contribution in [-0.2, 0) is 4.74 Å². The molecule has 0 spiro atoms. The molecule has 1 N–H and O–H groups in total. The summed E-state index contributed by atoms with van der Waals surface area (Å²) in [4.78, 5) is 18.0. The van der Waals surface area contributed by atoms with Crippen molar-refractivity contribution >= 4 is 16.8 Å². The van der Waals surface area contributed by atoms with Crippen LogP contribution >= 0.6 is 0 Å². The number of morpholine rings is 1. The summed E-state index contributed by atoms with van der Waals surface area (Å²) in [5.74, 6) is 0.0990. The molecule has 4 heteroatoms. The Labute approximate surface area is 118 Å². The first-order valence-electron chi connectivity index (χ1n) is 7.08. The summed E-state index contributed by atoms with van der Waals surface area (Å²) in [5, 5.41) is 1.00. The molecule has 2 unspecified atom stereocenters. The molecule has 4 nitrogen and oxygen atoms in total. The van der Waals surface area contributed by atoms with Crippen LogP contribution in [-0.4, -0.2) is 41.1 Å². The van der Waals surface area contributed by atoms with Gasteiger partial charge < -0.3 is 14.6 Å². The van der Waals surface area contributed by atoms with Crippen LogP contribution in [0.1, 0.15) is 29.9 Å². The lowest BCUT2D eigenvalue weighted by Crippen LogP contribution is -2.48. The molecule has 1 aromatic heterocycles. The van der Waals surface area contributed by atoms with E-state index in [0.29, 0.717) is 13.1 Å². The molecule has 1 fully saturated rings. The lowest BCUT2D eigenvalue weighted by atomic mass is 10.1. The summed E-state index contributed by atoms with van der Waals surface area (Å²) in [6.07, 6.45) is 0.182. The van der Waals surface area contributed by atoms with E-state index in [0.717, 1.165) is 22.2 Å². The van der Waals surface area contributed by atoms with Crippen molar-refractivity contribution in [1.29, 1.82) is 0 Å². The molecule has 20 heavy (non-hydrogen) atoms. The predicted octanol–water partition coefficient (Wildman–Crippen LogP) is 2.73. The van der Waals surface area contributed by atoms with Crippen LogP contribution in [0.2, 0.25) is 0 Å². The van der Waals surface area contributed by atoms with Gasteiger partial charge in [-0.2, -0.15) is 0 Å². The molecule has 1 aliphatic heterocycles. The van der Waals surface area contributed by atoms with Crippen molar-refractivity contribution in [2.24, 2.45) is 0 Å². The molecule has 1 aliphatic rings. The minimum absolute atomic E-state index is 0.0909. The number of hydrogen-bond acceptors (Lipinski definition) is 2. The van der Waals surface area contributed by atoms with E-state index in [9.17, 15) is 4.79 Å². The molecule has 2 atom stereocenters. The largest absolute Gasteiger partial charge is 0.372 e. The number of amides is 1. The zero-order valence-corrected chi connectivity index (χ0v) is 12.1. The molecule has 2 heterocycles. The number of aromatic amines is 1. The van der Waals surface area contributed by atoms with Gasteiger partial charge in [-0.15, -0.1) is 0 Å². The highest BCUT2D eigenvalue weighted by molar-refractivity contribution is 6.08. The van der Waals surface area contributed by atoms with E-state index in [2.05, 4.69) is 4.98 Å². The standard InChI is InChI=1S/C16H20N2O2/c1-10-8-18(9-11(2)20-10)16(19)15-12(3)17-14-7-5-4-6-13(14)15/h4-7,10-11,17H,8-9H2,1-3H3. The monoisotopic (exact) mass is 272 g/mol. The van der Waals surface area contributed by atoms with E-state index in [-0.39, 0.29) is 18.1 Å². The van der Waals surface area contributed by atoms with E-state index in [1.165, 1.54) is 0 Å². The molecule has 3 rings (SSSR count). The van der Waals surface area contributed by atoms with E-state index < -0.39 is 0 Å². The van der Waals surface area contributed by atoms with E-state index in [1.54, 1.807) is 0 Å². The summed E-state index contributed by atoms with van der Waals surface area (Å²) in [6, 6.07) is 7.95. The van der Waals surface area contributed by atoms with Gasteiger partial charge in [0.15, 0.2) is 0 Å². The average molecular weight is 272 g/mol. The zero-order chi connectivity index (χ0) is 14.3. The number of nitrogens with zero attached hydrogens (tertiary/aromatic N) is 1. The lowest BCUT2D eigenvalue weighted by Gasteiger charge is -2.35. The van der Waals surface area contributed by atoms with Crippen molar-refractivity contribution < 1.29 is 9.53 Å². The van der Waals surface area contributed by atoms with Crippen molar-refractivity contribution in [1.82, 2.24) is 9.88 Å². The fraction of sp³-hybridized carbons (Fsp3) is 0.438. The smallest absolute Gasteiger partial charge is 0.256 e. The Balaban J connectivity index is 1.98. The van der Waals surface area contributed by atoms with Crippen LogP contribution in [0.5, 0.6) is 0 Å². The van der Waals surface area contributed by atoms with Crippen LogP contribution < -0.4 is 0 Å². The van der Waals surface area contributed by atoms with Gasteiger partial charge in [0.05, 0.1) is 17.8 Å². The second kappa shape index (κ2) is 4.94. The Morgan fingerprint density at radius 2 is 1.90 bits per heavy atom. The maximum Gasteiger partial charge on any atom is 0.256 e. The number of para-hydroxylation sites is 1. The molecule has 0 radical (unpaired) electrons. The Kier molecular flexibility index (Phi) is 3.26. The second-order valence-corrected chi connectivity index (χ2v) is 5.64. The van der Waals surface area contributed by atoms with E-state index in [4.69, 9.17) is 4.74 Å². The Bertz CT molecular complexity index is 637. The molecule has 2 aromatic rings. The minimum Gasteiger partial charge on any atom is -0.372 e. The number of rotatable bonds is 1. The van der Waals surface area contributed by atoms with Crippen molar-refractivity contribution in [3.63, 3.8) is 0 Å². The normalized spacial score (nSPS) is 23.2. The molecule has 1 amide bonds. The topological polar surface area (TPSA) is 45.3 Å². The number of hydrogen-bond donors (Lipinski definition) is 1. The molecule has 106 valence electrons. The third-order valence-electron chi connectivity index (χ3n) is 3.81. The zero-order valence-electron chi connectivity index (χ0n) is 12.1. The molecular formula is C16H20N2O2. The quantitative estimate of drug-likeness (QED) is 0.867. The van der Waals surface area contributed by atoms with Crippen LogP contribution in [0.4, 0.5) is 0 Å². The number of H-pyrrole nitrogens is 1. The summed E-state index contributed by atoms with van der Waals surface area (Å²) in [5.41, 5.74) is 2.74. The summed E-state index contributed by atoms with van der Waals surface area (Å²) in [6.45, 7) is 7.29. The Morgan fingerprint density at radius 1 is 1.25 bits per heavy atom. The van der Waals surface area contributed by atoms with Gasteiger partial charge in [0, 0.05) is 29.7 Å². The number of benzene rings is 1. The lowest BCUT2D eigenvalue weighted by molar-refractivity contribution is -0.0585. The molecular weight excluding hydrogens is 252 g/mol. The fourth-order valence-electron chi connectivity index (χ4n) is 3.05. The number of aryl methyl sites for hydroxylation is 1. The van der Waals surface area contributed by atoms with Gasteiger partial charge in [-0.25, -0.2) is 0 Å². The Morgan fingerprint density at radius 3 is 2.60 bits per heavy atom. The molecule has 1 aromatic carbocycles. The van der Waals surface area contributed by atoms with Gasteiger partial charge in [-0.3, -0.25) is 4.79 Å². The third kappa shape index (κ3) is 2.20. The van der Waals surface area contributed by atoms with Crippen molar-refractivity contribution in [2.75, 3.05) is 13.1 Å². The highest BCUT2D eigenvalue weighted by atomic mass is 16.5. The highest BCUT2D eigenvalue weighted by Gasteiger charge is 2.28. The fourth-order valence-corrected chi connectivity index (χ4v) is 3.05. The summed E-state index contributed by atoms with van der Waals surface area (Å²) < 4.78 is 5.70. The molecule has 0 aliphatic carbocycles. The van der Waals surface area contributed by atoms with Crippen LogP contribution in [0.15, 0.2) is 24.3 Å². The first-order chi connectivity index (χ1) is 9.56. The van der Waals surface area contributed by atoms with Crippen molar-refractivity contribution in [3.05, 3.63) is 35.5 Å². The van der Waals surface area contributed by atoms with Gasteiger partial charge in [0.1, 0.15) is 0 Å². The number of carbonyl (C=O) groups excluding carboxylic acids is 1. The Hall–Kier alpha value is -1.81. The average Bonchev–Trinajstić information content (AvgIpc) is 2.72. The van der Waals surface area contributed by atoms with Crippen molar-refractivity contribution in [3.8, 4) is 0 Å². The molecule has 1 saturated heterocycles. The SMILES string of the molecule is Cc1[nH]c2ccccc2c1C(=O)N1CC(C)OC(C)C1. The number of fused-ring (bicyclic) bond motifs is 1. The van der Waals surface area contributed by atoms with E-state index in [1.807, 2.05) is 49.9 Å². The maximum atomic E-state index is 12.8. The number of aromatic nitrogens is 1. The van der Waals surface area contributed by atoms with Gasteiger partial charge >= 0.3 is 0 Å². The maximum absolute atomic E-state index is 12.8. The van der Waals surface area contributed by atoms with Crippen LogP contribution in [0, 0.1) is 6.92 Å². The molecule has 0 saturated carbocycles. The first kappa shape index (κ1) is 13.2. The van der Waals surface area contributed by atoms with Crippen LogP contribution in [0.3, 0.4) is 0 Å². The molecule has 0 bridgehead atoms. The number of ether oxygens (including phenoxy) is 1. The number of carbonyl (C=O) groups is 1. The second-order valence-electron chi connectivity index (χ2n) is 5.64. The van der Waals surface area contributed by atoms with E-state index >= 15 is 0 Å². The van der Waals surface area contributed by atoms with Crippen LogP contribution in [0.25, 0.3) is 10.9 Å². The third-order valence-corrected chi connectivity index (χ3v) is 3.81. The summed E-state index contributed by atoms with van der Waals surface area (Å²) in [7, 11) is 0. The predicted molar refractivity (Wildman–Crippen MR) is 78.9 cm³/mol. The van der Waals surface area contributed by atoms with Crippen molar-refractivity contribution in [2.45, 2.75) is 33.0 Å². The summed E-state index contributed by atoms with van der Waals surface area (Å²) >= 11 is 0. The van der Waals surface area contributed by atoms with Gasteiger partial charge in [0.25, 0.3) is 5.91 Å². The van der Waals surface area contributed by atoms with Gasteiger partial charge in [0.2, 0.25) is 0 Å². The highest BCUT2D eigenvalue weighted by Crippen LogP contribution is 2.24. The van der Waals surface area contributed by atoms with Gasteiger partial charge in [-0.1, -0.05) is 18.2 Å².